The molecular weight excluding hydrogens is 315 g/mol. The largest absolute Gasteiger partial charge is 4.00 e. The van der Waals surface area contributed by atoms with Crippen molar-refractivity contribution in [1.29, 1.82) is 0 Å². The van der Waals surface area contributed by atoms with Gasteiger partial charge in [0.15, 0.2) is 0 Å². The van der Waals surface area contributed by atoms with E-state index in [1.54, 1.807) is 0 Å². The van der Waals surface area contributed by atoms with Crippen LogP contribution in [-0.4, -0.2) is 0 Å². The van der Waals surface area contributed by atoms with Crippen LogP contribution in [-0.2, 0) is 57.3 Å². The van der Waals surface area contributed by atoms with Crippen molar-refractivity contribution in [2.24, 2.45) is 0 Å². The van der Waals surface area contributed by atoms with E-state index >= 15 is 0 Å². The maximum atomic E-state index is 0. The van der Waals surface area contributed by atoms with Crippen LogP contribution < -0.4 is 0 Å². The van der Waals surface area contributed by atoms with Crippen LogP contribution in [0.25, 0.3) is 0 Å². The summed E-state index contributed by atoms with van der Waals surface area (Å²) in [6.07, 6.45) is 0. The van der Waals surface area contributed by atoms with E-state index in [0.29, 0.717) is 0 Å². The first kappa shape index (κ1) is 51.2. The first-order valence-electron chi connectivity index (χ1n) is 0. The van der Waals surface area contributed by atoms with Crippen molar-refractivity contribution in [1.82, 2.24) is 0 Å². The molecule has 0 unspecified atom stereocenters. The van der Waals surface area contributed by atoms with Crippen molar-refractivity contribution in [2.75, 3.05) is 0 Å². The number of hydrogen-bond acceptors (Lipinski definition) is 0. The van der Waals surface area contributed by atoms with Crippen molar-refractivity contribution in [3.63, 3.8) is 0 Å². The normalized spacial score (nSPS) is 0. The van der Waals surface area contributed by atoms with Gasteiger partial charge in [-0.05, 0) is 0 Å². The van der Waals surface area contributed by atoms with E-state index in [2.05, 4.69) is 0 Å². The second-order valence-corrected chi connectivity index (χ2v) is 0. The molecule has 0 rings (SSSR count). The SMILES string of the molecule is [Ir+3].[O-2].[O-2].[Zr+4]. The quantitative estimate of drug-likeness (QED) is 0.592. The molecule has 0 atom stereocenters. The molecule has 0 N–H and O–H groups in total. The fraction of sp³-hybridized carbons (Fsp3) is 0. The summed E-state index contributed by atoms with van der Waals surface area (Å²) in [5.74, 6) is 0. The predicted octanol–water partition coefficient (Wildman–Crippen LogP) is -0.243. The maximum Gasteiger partial charge on any atom is 4.00 e. The molecule has 0 spiro atoms. The Morgan fingerprint density at radius 3 is 0.750 bits per heavy atom. The molecule has 2 nitrogen and oxygen atoms in total. The van der Waals surface area contributed by atoms with Crippen LogP contribution in [0.3, 0.4) is 0 Å². The zero-order valence-electron chi connectivity index (χ0n) is 1.65. The molecule has 0 aromatic rings. The van der Waals surface area contributed by atoms with Crippen LogP contribution in [0.15, 0.2) is 0 Å². The van der Waals surface area contributed by atoms with Gasteiger partial charge < -0.3 is 11.0 Å². The Morgan fingerprint density at radius 1 is 0.750 bits per heavy atom. The summed E-state index contributed by atoms with van der Waals surface area (Å²) in [7, 11) is 0. The molecule has 4 heteroatoms. The maximum absolute atomic E-state index is 0. The summed E-state index contributed by atoms with van der Waals surface area (Å²) >= 11 is 0. The molecule has 0 aromatic carbocycles. The molecule has 0 heterocycles. The molecule has 0 aliphatic carbocycles. The van der Waals surface area contributed by atoms with E-state index in [4.69, 9.17) is 0 Å². The second-order valence-electron chi connectivity index (χ2n) is 0. The molecule has 0 aromatic heterocycles. The number of hydrogen-bond donors (Lipinski definition) is 0. The molecular formula is IrO2Zr+3. The Kier molecular flexibility index (Phi) is 322. The summed E-state index contributed by atoms with van der Waals surface area (Å²) in [5, 5.41) is 0. The molecule has 0 fully saturated rings. The average Bonchev–Trinajstić information content (AvgIpc) is 0. The number of rotatable bonds is 0. The zero-order chi connectivity index (χ0) is 0. The minimum atomic E-state index is 0. The molecule has 22 valence electrons. The van der Waals surface area contributed by atoms with Crippen LogP contribution in [0.1, 0.15) is 0 Å². The molecule has 0 amide bonds. The van der Waals surface area contributed by atoms with Crippen molar-refractivity contribution in [3.05, 3.63) is 0 Å². The zero-order valence-corrected chi connectivity index (χ0v) is 6.50. The minimum Gasteiger partial charge on any atom is -2.00 e. The second kappa shape index (κ2) is 25.2. The van der Waals surface area contributed by atoms with Gasteiger partial charge in [-0.2, -0.15) is 0 Å². The molecule has 0 radical (unpaired) electrons. The summed E-state index contributed by atoms with van der Waals surface area (Å²) < 4.78 is 0. The summed E-state index contributed by atoms with van der Waals surface area (Å²) in [6, 6.07) is 0. The van der Waals surface area contributed by atoms with Gasteiger partial charge in [0.2, 0.25) is 0 Å². The molecule has 0 saturated heterocycles. The Morgan fingerprint density at radius 2 is 0.750 bits per heavy atom. The van der Waals surface area contributed by atoms with Crippen molar-refractivity contribution in [2.45, 2.75) is 0 Å². The molecule has 0 aliphatic heterocycles. The first-order valence-corrected chi connectivity index (χ1v) is 0. The van der Waals surface area contributed by atoms with Crippen LogP contribution >= 0.6 is 0 Å². The third kappa shape index (κ3) is 9.84. The predicted molar refractivity (Wildman–Crippen MR) is 1.37 cm³/mol. The monoisotopic (exact) mass is 315 g/mol. The fourth-order valence-corrected chi connectivity index (χ4v) is 0. The minimum absolute atomic E-state index is 0. The van der Waals surface area contributed by atoms with E-state index in [-0.39, 0.29) is 57.3 Å². The Balaban J connectivity index is 0. The third-order valence-electron chi connectivity index (χ3n) is 0. The van der Waals surface area contributed by atoms with Gasteiger partial charge in [-0.1, -0.05) is 0 Å². The van der Waals surface area contributed by atoms with Crippen LogP contribution in [0.4, 0.5) is 0 Å². The van der Waals surface area contributed by atoms with Gasteiger partial charge in [0.1, 0.15) is 0 Å². The van der Waals surface area contributed by atoms with Gasteiger partial charge >= 0.3 is 46.3 Å². The standard InChI is InChI=1S/Ir.2O.Zr/q+3;2*-2;+4. The van der Waals surface area contributed by atoms with E-state index in [9.17, 15) is 0 Å². The van der Waals surface area contributed by atoms with Crippen LogP contribution in [0.2, 0.25) is 0 Å². The topological polar surface area (TPSA) is 57.0 Å². The van der Waals surface area contributed by atoms with Crippen molar-refractivity contribution >= 4 is 0 Å². The Bertz CT molecular complexity index is 6.00. The van der Waals surface area contributed by atoms with E-state index < -0.39 is 0 Å². The van der Waals surface area contributed by atoms with Crippen molar-refractivity contribution in [3.8, 4) is 0 Å². The molecule has 4 heavy (non-hydrogen) atoms. The first-order chi connectivity index (χ1) is 0. The van der Waals surface area contributed by atoms with Gasteiger partial charge in [-0.15, -0.1) is 0 Å². The van der Waals surface area contributed by atoms with Gasteiger partial charge in [-0.25, -0.2) is 0 Å². The van der Waals surface area contributed by atoms with Gasteiger partial charge in [0.25, 0.3) is 0 Å². The van der Waals surface area contributed by atoms with E-state index in [1.807, 2.05) is 0 Å². The Labute approximate surface area is 57.1 Å². The third-order valence-corrected chi connectivity index (χ3v) is 0. The Hall–Kier alpha value is 1.45. The summed E-state index contributed by atoms with van der Waals surface area (Å²) in [6.45, 7) is 0. The fourth-order valence-electron chi connectivity index (χ4n) is 0. The molecule has 0 aliphatic rings. The van der Waals surface area contributed by atoms with Gasteiger partial charge in [0, 0.05) is 0 Å². The van der Waals surface area contributed by atoms with Crippen LogP contribution in [0, 0.1) is 0 Å². The average molecular weight is 315 g/mol. The van der Waals surface area contributed by atoms with E-state index in [0.717, 1.165) is 0 Å². The summed E-state index contributed by atoms with van der Waals surface area (Å²) in [4.78, 5) is 0. The van der Waals surface area contributed by atoms with Gasteiger partial charge in [-0.3, -0.25) is 0 Å². The van der Waals surface area contributed by atoms with Crippen LogP contribution in [0.5, 0.6) is 0 Å². The van der Waals surface area contributed by atoms with Gasteiger partial charge in [0.05, 0.1) is 0 Å². The van der Waals surface area contributed by atoms with Crippen molar-refractivity contribution < 1.29 is 57.3 Å². The van der Waals surface area contributed by atoms with E-state index in [1.165, 1.54) is 0 Å². The smallest absolute Gasteiger partial charge is 2.00 e. The molecule has 0 bridgehead atoms. The summed E-state index contributed by atoms with van der Waals surface area (Å²) in [5.41, 5.74) is 0. The molecule has 0 saturated carbocycles.